The van der Waals surface area contributed by atoms with Crippen molar-refractivity contribution in [2.75, 3.05) is 13.1 Å². The van der Waals surface area contributed by atoms with Gasteiger partial charge in [-0.3, -0.25) is 14.6 Å². The van der Waals surface area contributed by atoms with Gasteiger partial charge in [-0.2, -0.15) is 0 Å². The molecule has 4 rings (SSSR count). The third-order valence-corrected chi connectivity index (χ3v) is 5.61. The van der Waals surface area contributed by atoms with Gasteiger partial charge in [-0.05, 0) is 36.3 Å². The second-order valence-corrected chi connectivity index (χ2v) is 7.87. The number of hydrogen-bond donors (Lipinski definition) is 1. The molecule has 2 amide bonds. The molecule has 1 aliphatic rings. The van der Waals surface area contributed by atoms with Crippen molar-refractivity contribution in [1.29, 1.82) is 0 Å². The molecule has 1 aliphatic heterocycles. The van der Waals surface area contributed by atoms with Crippen LogP contribution in [0.1, 0.15) is 29.2 Å². The number of aryl methyl sites for hydroxylation is 1. The van der Waals surface area contributed by atoms with E-state index in [4.69, 9.17) is 0 Å². The molecule has 1 aromatic carbocycles. The van der Waals surface area contributed by atoms with Gasteiger partial charge in [-0.1, -0.05) is 12.1 Å². The number of aromatic nitrogens is 4. The lowest BCUT2D eigenvalue weighted by molar-refractivity contribution is -0.126. The highest BCUT2D eigenvalue weighted by atomic mass is 19.1. The summed E-state index contributed by atoms with van der Waals surface area (Å²) in [4.78, 5) is 30.5. The number of carbonyl (C=O) groups excluding carboxylic acids is 2. The maximum absolute atomic E-state index is 13.8. The summed E-state index contributed by atoms with van der Waals surface area (Å²) >= 11 is 0. The first-order valence-corrected chi connectivity index (χ1v) is 11.0. The Balaban J connectivity index is 1.31. The van der Waals surface area contributed by atoms with Gasteiger partial charge in [0.05, 0.1) is 6.54 Å². The average molecular weight is 466 g/mol. The second kappa shape index (κ2) is 10.8. The zero-order valence-corrected chi connectivity index (χ0v) is 18.5. The Morgan fingerprint density at radius 1 is 1.06 bits per heavy atom. The molecular weight excluding hydrogens is 442 g/mol. The van der Waals surface area contributed by atoms with Crippen LogP contribution < -0.4 is 5.32 Å². The lowest BCUT2D eigenvalue weighted by Gasteiger charge is -2.18. The molecule has 10 heteroatoms. The first kappa shape index (κ1) is 23.2. The van der Waals surface area contributed by atoms with Crippen LogP contribution in [0.4, 0.5) is 8.78 Å². The first-order valence-electron chi connectivity index (χ1n) is 11.0. The van der Waals surface area contributed by atoms with E-state index in [0.29, 0.717) is 44.7 Å². The Labute approximate surface area is 195 Å². The molecule has 0 unspecified atom stereocenters. The molecule has 0 saturated heterocycles. The number of amides is 2. The van der Waals surface area contributed by atoms with E-state index in [2.05, 4.69) is 20.5 Å². The topological polar surface area (TPSA) is 93.0 Å². The lowest BCUT2D eigenvalue weighted by atomic mass is 10.1. The van der Waals surface area contributed by atoms with Gasteiger partial charge in [0.15, 0.2) is 5.82 Å². The van der Waals surface area contributed by atoms with Crippen LogP contribution in [0.25, 0.3) is 6.08 Å². The van der Waals surface area contributed by atoms with E-state index >= 15 is 0 Å². The van der Waals surface area contributed by atoms with E-state index in [1.807, 2.05) is 16.7 Å². The molecule has 0 radical (unpaired) electrons. The minimum atomic E-state index is -0.724. The number of carbonyl (C=O) groups is 2. The predicted molar refractivity (Wildman–Crippen MR) is 120 cm³/mol. The highest BCUT2D eigenvalue weighted by Gasteiger charge is 2.21. The Bertz CT molecular complexity index is 1180. The Hall–Kier alpha value is -3.95. The van der Waals surface area contributed by atoms with Crippen molar-refractivity contribution in [2.45, 2.75) is 32.4 Å². The fraction of sp³-hybridized carbons (Fsp3) is 0.292. The van der Waals surface area contributed by atoms with E-state index in [1.165, 1.54) is 12.1 Å². The molecule has 0 aliphatic carbocycles. The van der Waals surface area contributed by atoms with Gasteiger partial charge in [0.1, 0.15) is 17.5 Å². The van der Waals surface area contributed by atoms with Crippen LogP contribution in [0.3, 0.4) is 0 Å². The normalized spacial score (nSPS) is 13.5. The molecule has 0 fully saturated rings. The number of nitrogens with one attached hydrogen (secondary N) is 1. The summed E-state index contributed by atoms with van der Waals surface area (Å²) in [6.45, 7) is 1.48. The summed E-state index contributed by atoms with van der Waals surface area (Å²) in [6, 6.07) is 7.32. The highest BCUT2D eigenvalue weighted by molar-refractivity contribution is 5.91. The van der Waals surface area contributed by atoms with Gasteiger partial charge in [0.2, 0.25) is 11.8 Å². The van der Waals surface area contributed by atoms with Gasteiger partial charge >= 0.3 is 0 Å². The molecule has 0 bridgehead atoms. The van der Waals surface area contributed by atoms with Gasteiger partial charge in [-0.15, -0.1) is 10.2 Å². The monoisotopic (exact) mass is 466 g/mol. The number of nitrogens with zero attached hydrogens (tertiary/aromatic N) is 5. The van der Waals surface area contributed by atoms with Crippen LogP contribution in [0.15, 0.2) is 48.8 Å². The van der Waals surface area contributed by atoms with Crippen molar-refractivity contribution in [3.63, 3.8) is 0 Å². The molecule has 0 atom stereocenters. The zero-order chi connectivity index (χ0) is 23.9. The smallest absolute Gasteiger partial charge is 0.246 e. The van der Waals surface area contributed by atoms with E-state index in [-0.39, 0.29) is 23.9 Å². The fourth-order valence-electron chi connectivity index (χ4n) is 3.73. The van der Waals surface area contributed by atoms with Crippen LogP contribution in [0, 0.1) is 11.6 Å². The standard InChI is InChI=1S/C24H24F2N6O2/c25-19-4-1-5-20(26)18(19)7-9-24(34)31-12-10-21-29-30-22(32(21)14-13-31)16-28-23(33)8-6-17-3-2-11-27-15-17/h1-5,7,9,11,15H,6,8,10,12-14,16H2,(H,28,33)/b9-7+. The summed E-state index contributed by atoms with van der Waals surface area (Å²) < 4.78 is 29.5. The maximum Gasteiger partial charge on any atom is 0.246 e. The van der Waals surface area contributed by atoms with Gasteiger partial charge in [0.25, 0.3) is 0 Å². The van der Waals surface area contributed by atoms with Gasteiger partial charge < -0.3 is 14.8 Å². The number of rotatable bonds is 7. The number of benzene rings is 1. The van der Waals surface area contributed by atoms with E-state index < -0.39 is 11.6 Å². The largest absolute Gasteiger partial charge is 0.349 e. The van der Waals surface area contributed by atoms with E-state index in [9.17, 15) is 18.4 Å². The first-order chi connectivity index (χ1) is 16.5. The summed E-state index contributed by atoms with van der Waals surface area (Å²) in [7, 11) is 0. The molecule has 0 spiro atoms. The molecule has 176 valence electrons. The molecule has 8 nitrogen and oxygen atoms in total. The zero-order valence-electron chi connectivity index (χ0n) is 18.5. The van der Waals surface area contributed by atoms with Crippen LogP contribution in [-0.4, -0.2) is 49.6 Å². The SMILES string of the molecule is O=C(CCc1cccnc1)NCc1nnc2n1CCN(C(=O)/C=C/c1c(F)cccc1F)CC2. The summed E-state index contributed by atoms with van der Waals surface area (Å²) in [5.74, 6) is -0.553. The van der Waals surface area contributed by atoms with Crippen molar-refractivity contribution in [3.8, 4) is 0 Å². The second-order valence-electron chi connectivity index (χ2n) is 7.87. The third kappa shape index (κ3) is 5.69. The molecule has 3 heterocycles. The molecular formula is C24H24F2N6O2. The van der Waals surface area contributed by atoms with Crippen molar-refractivity contribution >= 4 is 17.9 Å². The van der Waals surface area contributed by atoms with E-state index in [1.54, 1.807) is 17.3 Å². The molecule has 34 heavy (non-hydrogen) atoms. The molecule has 2 aromatic heterocycles. The van der Waals surface area contributed by atoms with Crippen molar-refractivity contribution < 1.29 is 18.4 Å². The van der Waals surface area contributed by atoms with E-state index in [0.717, 1.165) is 29.6 Å². The van der Waals surface area contributed by atoms with Crippen molar-refractivity contribution in [2.24, 2.45) is 0 Å². The lowest BCUT2D eigenvalue weighted by Crippen LogP contribution is -2.32. The van der Waals surface area contributed by atoms with Crippen molar-refractivity contribution in [1.82, 2.24) is 30.0 Å². The fourth-order valence-corrected chi connectivity index (χ4v) is 3.73. The van der Waals surface area contributed by atoms with Crippen molar-refractivity contribution in [3.05, 3.63) is 83.2 Å². The number of hydrogen-bond acceptors (Lipinski definition) is 5. The molecule has 1 N–H and O–H groups in total. The predicted octanol–water partition coefficient (Wildman–Crippen LogP) is 2.30. The van der Waals surface area contributed by atoms with Crippen LogP contribution in [-0.2, 0) is 35.5 Å². The number of halogens is 2. The summed E-state index contributed by atoms with van der Waals surface area (Å²) in [5, 5.41) is 11.2. The minimum Gasteiger partial charge on any atom is -0.349 e. The minimum absolute atomic E-state index is 0.0999. The van der Waals surface area contributed by atoms with Gasteiger partial charge in [-0.25, -0.2) is 8.78 Å². The number of fused-ring (bicyclic) bond motifs is 1. The Kier molecular flexibility index (Phi) is 7.36. The molecule has 3 aromatic rings. The summed E-state index contributed by atoms with van der Waals surface area (Å²) in [5.41, 5.74) is 0.745. The highest BCUT2D eigenvalue weighted by Crippen LogP contribution is 2.15. The third-order valence-electron chi connectivity index (χ3n) is 5.61. The van der Waals surface area contributed by atoms with Crippen LogP contribution >= 0.6 is 0 Å². The number of pyridine rings is 1. The average Bonchev–Trinajstić information content (AvgIpc) is 3.10. The quantitative estimate of drug-likeness (QED) is 0.540. The van der Waals surface area contributed by atoms with Gasteiger partial charge in [0, 0.05) is 56.5 Å². The Morgan fingerprint density at radius 3 is 2.65 bits per heavy atom. The van der Waals surface area contributed by atoms with Crippen LogP contribution in [0.5, 0.6) is 0 Å². The molecule has 0 saturated carbocycles. The Morgan fingerprint density at radius 2 is 1.88 bits per heavy atom. The van der Waals surface area contributed by atoms with Crippen LogP contribution in [0.2, 0.25) is 0 Å². The maximum atomic E-state index is 13.8. The summed E-state index contributed by atoms with van der Waals surface area (Å²) in [6.07, 6.45) is 7.18.